The monoisotopic (exact) mass is 349 g/mol. The Hall–Kier alpha value is -1.95. The second-order valence-electron chi connectivity index (χ2n) is 4.73. The zero-order valence-corrected chi connectivity index (χ0v) is 13.4. The van der Waals surface area contributed by atoms with E-state index in [0.29, 0.717) is 10.2 Å². The van der Waals surface area contributed by atoms with E-state index in [-0.39, 0.29) is 11.7 Å². The van der Waals surface area contributed by atoms with Crippen LogP contribution in [0, 0.1) is 10.1 Å². The van der Waals surface area contributed by atoms with Crippen LogP contribution in [-0.4, -0.2) is 9.91 Å². The van der Waals surface area contributed by atoms with Gasteiger partial charge in [0.15, 0.2) is 0 Å². The molecule has 0 bridgehead atoms. The quantitative estimate of drug-likeness (QED) is 0.637. The third kappa shape index (κ3) is 3.58. The van der Waals surface area contributed by atoms with E-state index in [0.717, 1.165) is 12.0 Å². The smallest absolute Gasteiger partial charge is 0.311 e. The topological polar surface area (TPSA) is 68.1 Å². The Morgan fingerprint density at radius 2 is 2.00 bits per heavy atom. The van der Waals surface area contributed by atoms with E-state index in [1.54, 1.807) is 6.20 Å². The van der Waals surface area contributed by atoms with Gasteiger partial charge in [0.2, 0.25) is 0 Å². The van der Waals surface area contributed by atoms with Gasteiger partial charge >= 0.3 is 5.69 Å². The highest BCUT2D eigenvalue weighted by Gasteiger charge is 2.19. The van der Waals surface area contributed by atoms with Crippen LogP contribution < -0.4 is 5.32 Å². The average Bonchev–Trinajstić information content (AvgIpc) is 2.49. The van der Waals surface area contributed by atoms with E-state index in [9.17, 15) is 10.1 Å². The highest BCUT2D eigenvalue weighted by atomic mass is 79.9. The van der Waals surface area contributed by atoms with E-state index in [4.69, 9.17) is 0 Å². The number of anilines is 1. The van der Waals surface area contributed by atoms with E-state index in [2.05, 4.69) is 45.3 Å². The number of hydrogen-bond acceptors (Lipinski definition) is 4. The molecule has 0 aliphatic carbocycles. The summed E-state index contributed by atoms with van der Waals surface area (Å²) >= 11 is 3.31. The number of pyridine rings is 1. The lowest BCUT2D eigenvalue weighted by molar-refractivity contribution is -0.384. The van der Waals surface area contributed by atoms with Crippen molar-refractivity contribution in [3.05, 3.63) is 62.4 Å². The van der Waals surface area contributed by atoms with Crippen LogP contribution in [0.25, 0.3) is 0 Å². The molecule has 1 aromatic heterocycles. The van der Waals surface area contributed by atoms with Crippen molar-refractivity contribution in [3.8, 4) is 0 Å². The minimum atomic E-state index is -0.438. The molecule has 0 spiro atoms. The lowest BCUT2D eigenvalue weighted by Gasteiger charge is -2.17. The van der Waals surface area contributed by atoms with Gasteiger partial charge in [-0.25, -0.2) is 0 Å². The van der Waals surface area contributed by atoms with Crippen LogP contribution in [0.5, 0.6) is 0 Å². The Kier molecular flexibility index (Phi) is 4.90. The third-order valence-corrected chi connectivity index (χ3v) is 3.93. The molecule has 1 heterocycles. The maximum atomic E-state index is 11.1. The molecule has 1 N–H and O–H groups in total. The molecule has 0 amide bonds. The van der Waals surface area contributed by atoms with Crippen LogP contribution in [0.1, 0.15) is 31.0 Å². The number of aromatic nitrogens is 1. The van der Waals surface area contributed by atoms with Gasteiger partial charge in [-0.15, -0.1) is 0 Å². The van der Waals surface area contributed by atoms with Crippen molar-refractivity contribution in [1.82, 2.24) is 4.98 Å². The standard InChI is InChI=1S/C15H16BrN3O2/c1-3-11-4-6-12(7-5-11)10(2)18-15-13(16)8-17-9-14(15)19(20)21/h4-10H,3H2,1-2H3,(H,17,18). The van der Waals surface area contributed by atoms with Crippen LogP contribution in [0.3, 0.4) is 0 Å². The van der Waals surface area contributed by atoms with Crippen LogP contribution in [0.15, 0.2) is 41.1 Å². The normalized spacial score (nSPS) is 12.0. The number of halogens is 1. The van der Waals surface area contributed by atoms with Gasteiger partial charge in [-0.1, -0.05) is 31.2 Å². The molecule has 5 nitrogen and oxygen atoms in total. The van der Waals surface area contributed by atoms with Gasteiger partial charge in [-0.2, -0.15) is 0 Å². The maximum absolute atomic E-state index is 11.1. The summed E-state index contributed by atoms with van der Waals surface area (Å²) in [6, 6.07) is 8.18. The molecule has 0 saturated carbocycles. The molecule has 2 rings (SSSR count). The number of nitrogens with one attached hydrogen (secondary N) is 1. The largest absolute Gasteiger partial charge is 0.372 e. The third-order valence-electron chi connectivity index (χ3n) is 3.33. The Balaban J connectivity index is 2.26. The van der Waals surface area contributed by atoms with Crippen molar-refractivity contribution < 1.29 is 4.92 Å². The zero-order chi connectivity index (χ0) is 15.4. The highest BCUT2D eigenvalue weighted by molar-refractivity contribution is 9.10. The Morgan fingerprint density at radius 1 is 1.33 bits per heavy atom. The second-order valence-corrected chi connectivity index (χ2v) is 5.59. The van der Waals surface area contributed by atoms with Crippen molar-refractivity contribution in [2.75, 3.05) is 5.32 Å². The lowest BCUT2D eigenvalue weighted by atomic mass is 10.0. The minimum absolute atomic E-state index is 0.0404. The Labute approximate surface area is 131 Å². The van der Waals surface area contributed by atoms with Crippen molar-refractivity contribution in [2.45, 2.75) is 26.3 Å². The number of hydrogen-bond donors (Lipinski definition) is 1. The molecule has 110 valence electrons. The SMILES string of the molecule is CCc1ccc(C(C)Nc2c(Br)cncc2[N+](=O)[O-])cc1. The molecular formula is C15H16BrN3O2. The summed E-state index contributed by atoms with van der Waals surface area (Å²) in [7, 11) is 0. The molecule has 2 aromatic rings. The van der Waals surface area contributed by atoms with Gasteiger partial charge in [-0.05, 0) is 40.4 Å². The predicted octanol–water partition coefficient (Wildman–Crippen LogP) is 4.49. The number of rotatable bonds is 5. The van der Waals surface area contributed by atoms with E-state index in [1.165, 1.54) is 11.8 Å². The molecule has 0 aliphatic heterocycles. The number of nitrogens with zero attached hydrogens (tertiary/aromatic N) is 2. The molecule has 1 unspecified atom stereocenters. The first-order valence-electron chi connectivity index (χ1n) is 6.66. The van der Waals surface area contributed by atoms with Crippen LogP contribution in [0.2, 0.25) is 0 Å². The fraction of sp³-hybridized carbons (Fsp3) is 0.267. The highest BCUT2D eigenvalue weighted by Crippen LogP contribution is 2.33. The minimum Gasteiger partial charge on any atom is -0.372 e. The van der Waals surface area contributed by atoms with Crippen LogP contribution >= 0.6 is 15.9 Å². The van der Waals surface area contributed by atoms with Crippen molar-refractivity contribution in [2.24, 2.45) is 0 Å². The predicted molar refractivity (Wildman–Crippen MR) is 86.4 cm³/mol. The summed E-state index contributed by atoms with van der Waals surface area (Å²) in [4.78, 5) is 14.5. The number of aryl methyl sites for hydroxylation is 1. The van der Waals surface area contributed by atoms with Gasteiger partial charge in [0, 0.05) is 12.2 Å². The Morgan fingerprint density at radius 3 is 2.57 bits per heavy atom. The summed E-state index contributed by atoms with van der Waals surface area (Å²) in [6.45, 7) is 4.08. The first-order valence-corrected chi connectivity index (χ1v) is 7.45. The summed E-state index contributed by atoms with van der Waals surface area (Å²) < 4.78 is 0.578. The second kappa shape index (κ2) is 6.67. The molecule has 1 atom stereocenters. The van der Waals surface area contributed by atoms with Gasteiger partial charge in [0.05, 0.1) is 9.40 Å². The number of nitro groups is 1. The summed E-state index contributed by atoms with van der Waals surface area (Å²) in [5.74, 6) is 0. The first-order chi connectivity index (χ1) is 10.0. The lowest BCUT2D eigenvalue weighted by Crippen LogP contribution is -2.09. The molecule has 0 aliphatic rings. The van der Waals surface area contributed by atoms with E-state index < -0.39 is 4.92 Å². The number of benzene rings is 1. The van der Waals surface area contributed by atoms with E-state index in [1.807, 2.05) is 19.1 Å². The molecule has 1 aromatic carbocycles. The average molecular weight is 350 g/mol. The fourth-order valence-electron chi connectivity index (χ4n) is 2.05. The van der Waals surface area contributed by atoms with Crippen LogP contribution in [-0.2, 0) is 6.42 Å². The van der Waals surface area contributed by atoms with Gasteiger partial charge in [0.25, 0.3) is 0 Å². The molecule has 0 fully saturated rings. The van der Waals surface area contributed by atoms with E-state index >= 15 is 0 Å². The first kappa shape index (κ1) is 15.4. The van der Waals surface area contributed by atoms with Gasteiger partial charge in [0.1, 0.15) is 11.9 Å². The van der Waals surface area contributed by atoms with Crippen LogP contribution in [0.4, 0.5) is 11.4 Å². The van der Waals surface area contributed by atoms with Crippen molar-refractivity contribution in [1.29, 1.82) is 0 Å². The molecular weight excluding hydrogens is 334 g/mol. The van der Waals surface area contributed by atoms with Gasteiger partial charge < -0.3 is 5.32 Å². The van der Waals surface area contributed by atoms with Crippen molar-refractivity contribution >= 4 is 27.3 Å². The molecule has 0 saturated heterocycles. The maximum Gasteiger partial charge on any atom is 0.311 e. The molecule has 21 heavy (non-hydrogen) atoms. The molecule has 6 heteroatoms. The summed E-state index contributed by atoms with van der Waals surface area (Å²) in [5.41, 5.74) is 2.75. The summed E-state index contributed by atoms with van der Waals surface area (Å²) in [6.07, 6.45) is 3.78. The Bertz CT molecular complexity index is 644. The van der Waals surface area contributed by atoms with Crippen molar-refractivity contribution in [3.63, 3.8) is 0 Å². The zero-order valence-electron chi connectivity index (χ0n) is 11.8. The summed E-state index contributed by atoms with van der Waals surface area (Å²) in [5, 5.41) is 14.3. The molecule has 0 radical (unpaired) electrons. The fourth-order valence-corrected chi connectivity index (χ4v) is 2.48. The van der Waals surface area contributed by atoms with Gasteiger partial charge in [-0.3, -0.25) is 15.1 Å².